The molecule has 12 heteroatoms. The van der Waals surface area contributed by atoms with E-state index in [1.54, 1.807) is 69.0 Å². The smallest absolute Gasteiger partial charge is 0.284 e. The Kier molecular flexibility index (Phi) is 7.38. The zero-order chi connectivity index (χ0) is 30.2. The molecule has 2 N–H and O–H groups in total. The van der Waals surface area contributed by atoms with Crippen molar-refractivity contribution in [1.29, 1.82) is 0 Å². The van der Waals surface area contributed by atoms with Crippen LogP contribution in [0.5, 0.6) is 11.5 Å². The van der Waals surface area contributed by atoms with Gasteiger partial charge in [-0.1, -0.05) is 25.1 Å². The third kappa shape index (κ3) is 5.11. The molecule has 4 aromatic heterocycles. The van der Waals surface area contributed by atoms with Gasteiger partial charge in [0.25, 0.3) is 11.5 Å². The number of nitrogens with zero attached hydrogens (tertiary/aromatic N) is 5. The van der Waals surface area contributed by atoms with Gasteiger partial charge in [0.05, 0.1) is 44.7 Å². The fourth-order valence-electron chi connectivity index (χ4n) is 4.91. The molecule has 0 radical (unpaired) electrons. The number of aliphatic hydroxyl groups excluding tert-OH is 1. The molecule has 218 valence electrons. The number of thiophene rings is 1. The summed E-state index contributed by atoms with van der Waals surface area (Å²) in [4.78, 5) is 36.3. The lowest BCUT2D eigenvalue weighted by molar-refractivity contribution is 0.0765. The van der Waals surface area contributed by atoms with Crippen LogP contribution in [0.25, 0.3) is 26.5 Å². The first-order valence-corrected chi connectivity index (χ1v) is 14.3. The van der Waals surface area contributed by atoms with Crippen molar-refractivity contribution in [3.63, 3.8) is 0 Å². The van der Waals surface area contributed by atoms with Crippen molar-refractivity contribution in [2.24, 2.45) is 7.05 Å². The zero-order valence-corrected chi connectivity index (χ0v) is 24.3. The van der Waals surface area contributed by atoms with Gasteiger partial charge in [-0.2, -0.15) is 0 Å². The molecule has 6 aromatic rings. The Balaban J connectivity index is 1.27. The quantitative estimate of drug-likeness (QED) is 0.221. The molecular weight excluding hydrogens is 571 g/mol. The highest BCUT2D eigenvalue weighted by Gasteiger charge is 2.26. The van der Waals surface area contributed by atoms with Gasteiger partial charge in [-0.05, 0) is 43.7 Å². The summed E-state index contributed by atoms with van der Waals surface area (Å²) in [6.07, 6.45) is 4.35. The molecule has 0 saturated carbocycles. The number of aromatic nitrogens is 5. The largest absolute Gasteiger partial charge is 0.453 e. The van der Waals surface area contributed by atoms with E-state index in [0.717, 1.165) is 21.3 Å². The van der Waals surface area contributed by atoms with Gasteiger partial charge in [-0.25, -0.2) is 14.1 Å². The predicted molar refractivity (Wildman–Crippen MR) is 163 cm³/mol. The first kappa shape index (κ1) is 28.1. The SMILES string of the molecule is CC[C@@H](O)n1c(C)c(C(=O)Nc2ccc(Oc3ccnc4cc(-c5cncn5C)sc34)c(F)c2)c(=O)n1-c1ccccc1. The summed E-state index contributed by atoms with van der Waals surface area (Å²) in [6, 6.07) is 16.4. The number of aliphatic hydroxyl groups is 1. The maximum atomic E-state index is 15.3. The normalized spacial score (nSPS) is 12.0. The summed E-state index contributed by atoms with van der Waals surface area (Å²) in [5, 5.41) is 13.3. The molecule has 0 unspecified atom stereocenters. The second-order valence-corrected chi connectivity index (χ2v) is 10.9. The van der Waals surface area contributed by atoms with Gasteiger partial charge in [0, 0.05) is 31.1 Å². The molecular formula is C31H27FN6O4S. The summed E-state index contributed by atoms with van der Waals surface area (Å²) in [7, 11) is 1.90. The second kappa shape index (κ2) is 11.3. The van der Waals surface area contributed by atoms with Crippen LogP contribution in [0.15, 0.2) is 84.2 Å². The molecule has 0 bridgehead atoms. The average Bonchev–Trinajstić information content (AvgIpc) is 3.69. The maximum Gasteiger partial charge on any atom is 0.284 e. The van der Waals surface area contributed by atoms with E-state index >= 15 is 4.39 Å². The molecule has 10 nitrogen and oxygen atoms in total. The molecule has 0 aliphatic carbocycles. The third-order valence-electron chi connectivity index (χ3n) is 7.06. The van der Waals surface area contributed by atoms with Crippen LogP contribution in [0.2, 0.25) is 0 Å². The molecule has 1 amide bonds. The Bertz CT molecular complexity index is 2030. The van der Waals surface area contributed by atoms with Gasteiger partial charge in [0.15, 0.2) is 11.6 Å². The molecule has 0 aliphatic heterocycles. The van der Waals surface area contributed by atoms with Crippen LogP contribution < -0.4 is 15.6 Å². The number of carbonyl (C=O) groups is 1. The summed E-state index contributed by atoms with van der Waals surface area (Å²) in [5.74, 6) is -1.03. The number of carbonyl (C=O) groups excluding carboxylic acids is 1. The van der Waals surface area contributed by atoms with E-state index in [0.29, 0.717) is 23.4 Å². The lowest BCUT2D eigenvalue weighted by Crippen LogP contribution is -2.27. The van der Waals surface area contributed by atoms with Gasteiger partial charge in [0.1, 0.15) is 17.5 Å². The molecule has 2 aromatic carbocycles. The average molecular weight is 599 g/mol. The highest BCUT2D eigenvalue weighted by atomic mass is 32.1. The number of halogens is 1. The number of nitrogens with one attached hydrogen (secondary N) is 1. The van der Waals surface area contributed by atoms with E-state index in [1.165, 1.54) is 32.8 Å². The number of pyridine rings is 1. The van der Waals surface area contributed by atoms with Crippen LogP contribution >= 0.6 is 11.3 Å². The summed E-state index contributed by atoms with van der Waals surface area (Å²) < 4.78 is 26.5. The number of benzene rings is 2. The number of para-hydroxylation sites is 1. The van der Waals surface area contributed by atoms with Crippen LogP contribution in [0, 0.1) is 12.7 Å². The van der Waals surface area contributed by atoms with Crippen molar-refractivity contribution in [2.45, 2.75) is 26.5 Å². The number of aryl methyl sites for hydroxylation is 1. The van der Waals surface area contributed by atoms with Gasteiger partial charge in [0.2, 0.25) is 0 Å². The van der Waals surface area contributed by atoms with Crippen molar-refractivity contribution >= 4 is 33.1 Å². The Morgan fingerprint density at radius 3 is 2.63 bits per heavy atom. The van der Waals surface area contributed by atoms with Gasteiger partial charge < -0.3 is 19.7 Å². The Labute approximate surface area is 249 Å². The number of amides is 1. The van der Waals surface area contributed by atoms with E-state index in [4.69, 9.17) is 4.74 Å². The number of rotatable bonds is 8. The van der Waals surface area contributed by atoms with Crippen LogP contribution in [0.3, 0.4) is 0 Å². The van der Waals surface area contributed by atoms with Crippen molar-refractivity contribution in [3.05, 3.63) is 107 Å². The fraction of sp³-hybridized carbons (Fsp3) is 0.161. The topological polar surface area (TPSA) is 116 Å². The van der Waals surface area contributed by atoms with Gasteiger partial charge >= 0.3 is 0 Å². The second-order valence-electron chi connectivity index (χ2n) is 9.87. The lowest BCUT2D eigenvalue weighted by Gasteiger charge is -2.18. The number of hydrogen-bond donors (Lipinski definition) is 2. The van der Waals surface area contributed by atoms with Gasteiger partial charge in [-0.3, -0.25) is 19.3 Å². The molecule has 4 heterocycles. The van der Waals surface area contributed by atoms with Crippen molar-refractivity contribution in [3.8, 4) is 27.8 Å². The minimum Gasteiger partial charge on any atom is -0.453 e. The van der Waals surface area contributed by atoms with Crippen molar-refractivity contribution in [1.82, 2.24) is 23.9 Å². The molecule has 0 fully saturated rings. The highest BCUT2D eigenvalue weighted by Crippen LogP contribution is 2.39. The number of fused-ring (bicyclic) bond motifs is 1. The van der Waals surface area contributed by atoms with E-state index in [1.807, 2.05) is 17.7 Å². The number of imidazole rings is 1. The zero-order valence-electron chi connectivity index (χ0n) is 23.5. The van der Waals surface area contributed by atoms with Crippen LogP contribution in [0.1, 0.15) is 35.6 Å². The standard InChI is InChI=1S/C31H27FN6O4S/c1-4-27(39)37-18(2)28(31(41)38(37)20-8-6-5-7-9-20)30(40)35-19-10-11-24(21(32)14-19)42-25-12-13-34-22-15-26(43-29(22)25)23-16-33-17-36(23)3/h5-17,27,39H,4H2,1-3H3,(H,35,40)/t27-/m1/s1. The molecule has 6 rings (SSSR count). The van der Waals surface area contributed by atoms with Crippen LogP contribution in [-0.4, -0.2) is 34.9 Å². The minimum atomic E-state index is -1.04. The molecule has 1 atom stereocenters. The number of hydrogen-bond acceptors (Lipinski definition) is 7. The summed E-state index contributed by atoms with van der Waals surface area (Å²) >= 11 is 1.46. The minimum absolute atomic E-state index is 0.0409. The third-order valence-corrected chi connectivity index (χ3v) is 8.22. The van der Waals surface area contributed by atoms with Gasteiger partial charge in [-0.15, -0.1) is 11.3 Å². The van der Waals surface area contributed by atoms with E-state index < -0.39 is 23.5 Å². The molecule has 0 spiro atoms. The van der Waals surface area contributed by atoms with Crippen molar-refractivity contribution < 1.29 is 19.0 Å². The van der Waals surface area contributed by atoms with E-state index in [2.05, 4.69) is 15.3 Å². The maximum absolute atomic E-state index is 15.3. The van der Waals surface area contributed by atoms with Crippen LogP contribution in [-0.2, 0) is 7.05 Å². The monoisotopic (exact) mass is 598 g/mol. The molecule has 0 saturated heterocycles. The Morgan fingerprint density at radius 1 is 1.14 bits per heavy atom. The number of anilines is 1. The summed E-state index contributed by atoms with van der Waals surface area (Å²) in [6.45, 7) is 3.36. The molecule has 43 heavy (non-hydrogen) atoms. The van der Waals surface area contributed by atoms with E-state index in [9.17, 15) is 14.7 Å². The molecule has 0 aliphatic rings. The summed E-state index contributed by atoms with van der Waals surface area (Å²) in [5.41, 5.74) is 1.79. The Hall–Kier alpha value is -5.07. The van der Waals surface area contributed by atoms with Crippen LogP contribution in [0.4, 0.5) is 10.1 Å². The van der Waals surface area contributed by atoms with Crippen molar-refractivity contribution in [2.75, 3.05) is 5.32 Å². The lowest BCUT2D eigenvalue weighted by atomic mass is 10.2. The van der Waals surface area contributed by atoms with E-state index in [-0.39, 0.29) is 22.7 Å². The number of ether oxygens (including phenoxy) is 1. The highest BCUT2D eigenvalue weighted by molar-refractivity contribution is 7.22. The first-order valence-electron chi connectivity index (χ1n) is 13.5. The fourth-order valence-corrected chi connectivity index (χ4v) is 6.03. The Morgan fingerprint density at radius 2 is 1.93 bits per heavy atom. The first-order chi connectivity index (χ1) is 20.8. The predicted octanol–water partition coefficient (Wildman–Crippen LogP) is 6.04.